The van der Waals surface area contributed by atoms with Gasteiger partial charge < -0.3 is 25.4 Å². The van der Waals surface area contributed by atoms with Crippen LogP contribution in [0.5, 0.6) is 0 Å². The molecule has 2 amide bonds. The number of hydrogen-bond acceptors (Lipinski definition) is 7. The monoisotopic (exact) mass is 444 g/mol. The molecule has 0 spiro atoms. The molecule has 2 aromatic rings. The molecule has 1 aliphatic heterocycles. The van der Waals surface area contributed by atoms with Gasteiger partial charge in [-0.25, -0.2) is 9.18 Å². The molecule has 10 nitrogen and oxygen atoms in total. The van der Waals surface area contributed by atoms with Crippen molar-refractivity contribution in [3.8, 4) is 6.07 Å². The Kier molecular flexibility index (Phi) is 7.62. The zero-order valence-corrected chi connectivity index (χ0v) is 17.7. The maximum Gasteiger partial charge on any atom is 0.409 e. The second-order valence-corrected chi connectivity index (χ2v) is 7.37. The van der Waals surface area contributed by atoms with Crippen molar-refractivity contribution in [1.82, 2.24) is 14.7 Å². The summed E-state index contributed by atoms with van der Waals surface area (Å²) in [6.07, 6.45) is 2.05. The Morgan fingerprint density at radius 3 is 2.75 bits per heavy atom. The van der Waals surface area contributed by atoms with E-state index >= 15 is 0 Å². The largest absolute Gasteiger partial charge is 0.449 e. The van der Waals surface area contributed by atoms with E-state index in [2.05, 4.69) is 16.5 Å². The number of nitrogens with zero attached hydrogens (tertiary/aromatic N) is 4. The first kappa shape index (κ1) is 23.0. The van der Waals surface area contributed by atoms with E-state index < -0.39 is 23.7 Å². The summed E-state index contributed by atoms with van der Waals surface area (Å²) in [5.74, 6) is -1.43. The van der Waals surface area contributed by atoms with Crippen LogP contribution in [0.3, 0.4) is 0 Å². The third kappa shape index (κ3) is 5.53. The van der Waals surface area contributed by atoms with Crippen LogP contribution in [0.15, 0.2) is 30.5 Å². The van der Waals surface area contributed by atoms with E-state index in [1.54, 1.807) is 7.11 Å². The summed E-state index contributed by atoms with van der Waals surface area (Å²) in [4.78, 5) is 25.7. The van der Waals surface area contributed by atoms with Crippen molar-refractivity contribution in [2.75, 3.05) is 38.7 Å². The first-order valence-corrected chi connectivity index (χ1v) is 10.1. The number of hydrogen-bond donors (Lipinski definition) is 2. The van der Waals surface area contributed by atoms with Crippen molar-refractivity contribution in [3.63, 3.8) is 0 Å². The number of rotatable bonds is 8. The number of carbonyl (C=O) groups excluding carboxylic acids is 2. The SMILES string of the molecule is COCCCOC(=O)N1CC[C@@H](n2cc(C(N)=O)c(Nc3ccc(F)cc3)n2)[C@@H](C#N)C1. The number of benzene rings is 1. The Balaban J connectivity index is 1.72. The maximum absolute atomic E-state index is 13.2. The summed E-state index contributed by atoms with van der Waals surface area (Å²) in [5, 5.41) is 17.1. The van der Waals surface area contributed by atoms with Gasteiger partial charge in [0.2, 0.25) is 0 Å². The molecular weight excluding hydrogens is 419 g/mol. The van der Waals surface area contributed by atoms with Crippen LogP contribution in [0.25, 0.3) is 0 Å². The number of halogens is 1. The Hall–Kier alpha value is -3.65. The predicted molar refractivity (Wildman–Crippen MR) is 113 cm³/mol. The van der Waals surface area contributed by atoms with Crippen molar-refractivity contribution in [1.29, 1.82) is 5.26 Å². The lowest BCUT2D eigenvalue weighted by Gasteiger charge is -2.34. The number of piperidine rings is 1. The van der Waals surface area contributed by atoms with E-state index in [1.807, 2.05) is 0 Å². The van der Waals surface area contributed by atoms with Crippen LogP contribution in [-0.4, -0.2) is 60.1 Å². The number of anilines is 2. The van der Waals surface area contributed by atoms with E-state index in [0.29, 0.717) is 31.7 Å². The van der Waals surface area contributed by atoms with Crippen molar-refractivity contribution >= 4 is 23.5 Å². The summed E-state index contributed by atoms with van der Waals surface area (Å²) in [6, 6.07) is 7.43. The van der Waals surface area contributed by atoms with Crippen LogP contribution in [-0.2, 0) is 9.47 Å². The summed E-state index contributed by atoms with van der Waals surface area (Å²) in [7, 11) is 1.57. The zero-order valence-electron chi connectivity index (χ0n) is 17.7. The third-order valence-corrected chi connectivity index (χ3v) is 5.16. The summed E-state index contributed by atoms with van der Waals surface area (Å²) >= 11 is 0. The van der Waals surface area contributed by atoms with Gasteiger partial charge in [-0.05, 0) is 30.7 Å². The highest BCUT2D eigenvalue weighted by Gasteiger charge is 2.34. The second-order valence-electron chi connectivity index (χ2n) is 7.37. The molecule has 0 radical (unpaired) electrons. The number of carbonyl (C=O) groups is 2. The number of primary amides is 1. The summed E-state index contributed by atoms with van der Waals surface area (Å²) in [6.45, 7) is 1.28. The number of likely N-dealkylation sites (tertiary alicyclic amines) is 1. The molecule has 0 bridgehead atoms. The van der Waals surface area contributed by atoms with Gasteiger partial charge in [0.15, 0.2) is 5.82 Å². The molecule has 3 N–H and O–H groups in total. The molecule has 0 saturated carbocycles. The summed E-state index contributed by atoms with van der Waals surface area (Å²) < 4.78 is 24.8. The average molecular weight is 444 g/mol. The molecule has 1 saturated heterocycles. The molecule has 32 heavy (non-hydrogen) atoms. The fourth-order valence-electron chi connectivity index (χ4n) is 3.51. The van der Waals surface area contributed by atoms with Gasteiger partial charge in [-0.2, -0.15) is 10.4 Å². The molecule has 0 aliphatic carbocycles. The van der Waals surface area contributed by atoms with Gasteiger partial charge in [0.1, 0.15) is 11.4 Å². The molecule has 3 rings (SSSR count). The number of ether oxygens (including phenoxy) is 2. The van der Waals surface area contributed by atoms with Crippen LogP contribution in [0.4, 0.5) is 20.7 Å². The molecule has 2 atom stereocenters. The molecule has 1 fully saturated rings. The lowest BCUT2D eigenvalue weighted by atomic mass is 9.94. The van der Waals surface area contributed by atoms with Gasteiger partial charge in [-0.3, -0.25) is 9.48 Å². The number of nitrogens with one attached hydrogen (secondary N) is 1. The van der Waals surface area contributed by atoms with Crippen molar-refractivity contribution in [3.05, 3.63) is 41.8 Å². The Morgan fingerprint density at radius 1 is 1.34 bits per heavy atom. The van der Waals surface area contributed by atoms with E-state index in [-0.39, 0.29) is 30.6 Å². The minimum Gasteiger partial charge on any atom is -0.449 e. The third-order valence-electron chi connectivity index (χ3n) is 5.16. The molecule has 0 unspecified atom stereocenters. The van der Waals surface area contributed by atoms with Crippen LogP contribution in [0.1, 0.15) is 29.2 Å². The van der Waals surface area contributed by atoms with Gasteiger partial charge in [0.25, 0.3) is 5.91 Å². The van der Waals surface area contributed by atoms with Crippen molar-refractivity contribution in [2.24, 2.45) is 11.7 Å². The standard InChI is InChI=1S/C21H25FN6O4/c1-31-9-2-10-32-21(30)27-8-7-18(14(11-23)12-27)28-13-17(19(24)29)20(26-28)25-16-5-3-15(22)4-6-16/h3-6,13-14,18H,2,7-10,12H2,1H3,(H2,24,29)(H,25,26)/t14-,18+/m0/s1. The molecule has 170 valence electrons. The topological polar surface area (TPSA) is 136 Å². The van der Waals surface area contributed by atoms with E-state index in [1.165, 1.54) is 40.0 Å². The highest BCUT2D eigenvalue weighted by atomic mass is 19.1. The normalized spacial score (nSPS) is 18.1. The van der Waals surface area contributed by atoms with Crippen LogP contribution in [0.2, 0.25) is 0 Å². The lowest BCUT2D eigenvalue weighted by molar-refractivity contribution is 0.0706. The second kappa shape index (κ2) is 10.6. The Bertz CT molecular complexity index is 987. The number of amides is 2. The van der Waals surface area contributed by atoms with Gasteiger partial charge in [0.05, 0.1) is 24.6 Å². The molecule has 1 aromatic carbocycles. The average Bonchev–Trinajstić information content (AvgIpc) is 3.21. The number of nitrogens with two attached hydrogens (primary N) is 1. The maximum atomic E-state index is 13.2. The lowest BCUT2D eigenvalue weighted by Crippen LogP contribution is -2.44. The van der Waals surface area contributed by atoms with Crippen LogP contribution < -0.4 is 11.1 Å². The van der Waals surface area contributed by atoms with Gasteiger partial charge >= 0.3 is 6.09 Å². The highest BCUT2D eigenvalue weighted by Crippen LogP contribution is 2.30. The fourth-order valence-corrected chi connectivity index (χ4v) is 3.51. The number of nitriles is 1. The van der Waals surface area contributed by atoms with Crippen LogP contribution >= 0.6 is 0 Å². The quantitative estimate of drug-likeness (QED) is 0.597. The zero-order chi connectivity index (χ0) is 23.1. The number of methoxy groups -OCH3 is 1. The van der Waals surface area contributed by atoms with Crippen molar-refractivity contribution < 1.29 is 23.5 Å². The minimum absolute atomic E-state index is 0.144. The van der Waals surface area contributed by atoms with Gasteiger partial charge in [0, 0.05) is 45.1 Å². The van der Waals surface area contributed by atoms with E-state index in [9.17, 15) is 19.2 Å². The van der Waals surface area contributed by atoms with Crippen LogP contribution in [0, 0.1) is 23.1 Å². The first-order valence-electron chi connectivity index (χ1n) is 10.1. The predicted octanol–water partition coefficient (Wildman–Crippen LogP) is 2.42. The van der Waals surface area contributed by atoms with Gasteiger partial charge in [-0.15, -0.1) is 0 Å². The van der Waals surface area contributed by atoms with E-state index in [0.717, 1.165) is 0 Å². The van der Waals surface area contributed by atoms with Gasteiger partial charge in [-0.1, -0.05) is 0 Å². The molecule has 2 heterocycles. The molecule has 1 aliphatic rings. The Morgan fingerprint density at radius 2 is 2.09 bits per heavy atom. The molecule has 11 heteroatoms. The fraction of sp³-hybridized carbons (Fsp3) is 0.429. The minimum atomic E-state index is -0.688. The Labute approximate surface area is 184 Å². The van der Waals surface area contributed by atoms with Crippen molar-refractivity contribution in [2.45, 2.75) is 18.9 Å². The molecular formula is C21H25FN6O4. The highest BCUT2D eigenvalue weighted by molar-refractivity contribution is 5.98. The molecule has 1 aromatic heterocycles. The smallest absolute Gasteiger partial charge is 0.409 e. The summed E-state index contributed by atoms with van der Waals surface area (Å²) in [5.41, 5.74) is 6.17. The first-order chi connectivity index (χ1) is 15.4. The number of aromatic nitrogens is 2. The van der Waals surface area contributed by atoms with E-state index in [4.69, 9.17) is 15.2 Å².